The number of carbonyl (C=O) groups excluding carboxylic acids is 6. The van der Waals surface area contributed by atoms with Crippen LogP contribution in [0.4, 0.5) is 13.2 Å². The lowest BCUT2D eigenvalue weighted by atomic mass is 9.56. The molecule has 2 fully saturated rings. The van der Waals surface area contributed by atoms with Crippen LogP contribution < -0.4 is 0 Å². The number of halogens is 3. The van der Waals surface area contributed by atoms with Gasteiger partial charge in [0.2, 0.25) is 0 Å². The number of hydrogen-bond donors (Lipinski definition) is 1. The third-order valence-electron chi connectivity index (χ3n) is 8.65. The Morgan fingerprint density at radius 1 is 0.902 bits per heavy atom. The molecule has 0 radical (unpaired) electrons. The summed E-state index contributed by atoms with van der Waals surface area (Å²) in [5.74, 6) is -9.52. The van der Waals surface area contributed by atoms with Crippen molar-refractivity contribution in [1.29, 1.82) is 0 Å². The Kier molecular flexibility index (Phi) is 7.07. The lowest BCUT2D eigenvalue weighted by Gasteiger charge is -2.44. The van der Waals surface area contributed by atoms with Gasteiger partial charge >= 0.3 is 6.18 Å². The number of fused-ring (bicyclic) bond motifs is 3. The molecule has 0 saturated heterocycles. The van der Waals surface area contributed by atoms with E-state index in [1.54, 1.807) is 6.07 Å². The normalized spacial score (nSPS) is 25.8. The van der Waals surface area contributed by atoms with Crippen LogP contribution in [-0.4, -0.2) is 39.8 Å². The predicted molar refractivity (Wildman–Crippen MR) is 137 cm³/mol. The van der Waals surface area contributed by atoms with Gasteiger partial charge in [0.25, 0.3) is 0 Å². The largest absolute Gasteiger partial charge is 0.507 e. The van der Waals surface area contributed by atoms with E-state index in [2.05, 4.69) is 0 Å². The highest BCUT2D eigenvalue weighted by Gasteiger charge is 2.57. The summed E-state index contributed by atoms with van der Waals surface area (Å²) >= 11 is 0. The topological polar surface area (TPSA) is 123 Å². The second-order valence-corrected chi connectivity index (χ2v) is 11.5. The summed E-state index contributed by atoms with van der Waals surface area (Å²) < 4.78 is 40.5. The van der Waals surface area contributed by atoms with E-state index in [1.807, 2.05) is 0 Å². The molecule has 1 N–H and O–H groups in total. The molecule has 10 heteroatoms. The number of phenols is 1. The summed E-state index contributed by atoms with van der Waals surface area (Å²) in [7, 11) is 0. The Morgan fingerprint density at radius 3 is 2.20 bits per heavy atom. The summed E-state index contributed by atoms with van der Waals surface area (Å²) in [6.07, 6.45) is -5.25. The van der Waals surface area contributed by atoms with Crippen molar-refractivity contribution < 1.29 is 47.0 Å². The van der Waals surface area contributed by atoms with Crippen LogP contribution in [0.2, 0.25) is 0 Å². The number of benzene rings is 2. The minimum absolute atomic E-state index is 0.0401. The zero-order valence-corrected chi connectivity index (χ0v) is 22.3. The quantitative estimate of drug-likeness (QED) is 0.541. The highest BCUT2D eigenvalue weighted by Crippen LogP contribution is 2.48. The van der Waals surface area contributed by atoms with Gasteiger partial charge in [-0.25, -0.2) is 0 Å². The third-order valence-corrected chi connectivity index (χ3v) is 8.65. The maximum Gasteiger partial charge on any atom is 0.416 e. The molecule has 2 aromatic carbocycles. The van der Waals surface area contributed by atoms with Crippen LogP contribution >= 0.6 is 0 Å². The molecule has 5 unspecified atom stereocenters. The van der Waals surface area contributed by atoms with E-state index in [9.17, 15) is 47.0 Å². The first-order valence-electron chi connectivity index (χ1n) is 13.4. The van der Waals surface area contributed by atoms with Crippen LogP contribution in [0.25, 0.3) is 0 Å². The predicted octanol–water partition coefficient (Wildman–Crippen LogP) is 4.00. The van der Waals surface area contributed by atoms with Crippen molar-refractivity contribution in [2.75, 3.05) is 0 Å². The van der Waals surface area contributed by atoms with Crippen molar-refractivity contribution in [3.8, 4) is 5.75 Å². The Labute approximate surface area is 233 Å². The molecule has 0 amide bonds. The lowest BCUT2D eigenvalue weighted by Crippen LogP contribution is -2.55. The molecule has 5 rings (SSSR count). The molecule has 0 bridgehead atoms. The van der Waals surface area contributed by atoms with Crippen molar-refractivity contribution in [2.24, 2.45) is 29.6 Å². The lowest BCUT2D eigenvalue weighted by molar-refractivity contribution is -0.152. The monoisotopic (exact) mass is 568 g/mol. The van der Waals surface area contributed by atoms with Gasteiger partial charge in [-0.1, -0.05) is 29.8 Å². The van der Waals surface area contributed by atoms with E-state index in [-0.39, 0.29) is 36.0 Å². The molecule has 41 heavy (non-hydrogen) atoms. The van der Waals surface area contributed by atoms with E-state index in [0.29, 0.717) is 11.1 Å². The second kappa shape index (κ2) is 10.2. The van der Waals surface area contributed by atoms with Gasteiger partial charge in [0.1, 0.15) is 23.2 Å². The molecule has 3 aliphatic rings. The molecule has 0 aromatic heterocycles. The number of aryl methyl sites for hydroxylation is 1. The minimum Gasteiger partial charge on any atom is -0.507 e. The zero-order chi connectivity index (χ0) is 30.0. The van der Waals surface area contributed by atoms with E-state index in [0.717, 1.165) is 13.0 Å². The molecule has 0 heterocycles. The van der Waals surface area contributed by atoms with E-state index < -0.39 is 94.6 Å². The Morgan fingerprint density at radius 2 is 1.54 bits per heavy atom. The first kappa shape index (κ1) is 28.6. The summed E-state index contributed by atoms with van der Waals surface area (Å²) in [5, 5.41) is 11.0. The smallest absolute Gasteiger partial charge is 0.416 e. The highest BCUT2D eigenvalue weighted by molar-refractivity contribution is 6.27. The fraction of sp³-hybridized carbons (Fsp3) is 0.419. The van der Waals surface area contributed by atoms with Gasteiger partial charge in [-0.15, -0.1) is 0 Å². The van der Waals surface area contributed by atoms with Crippen LogP contribution in [0, 0.1) is 36.5 Å². The van der Waals surface area contributed by atoms with Crippen molar-refractivity contribution in [2.45, 2.75) is 52.1 Å². The van der Waals surface area contributed by atoms with Crippen molar-refractivity contribution in [3.05, 3.63) is 63.7 Å². The van der Waals surface area contributed by atoms with Crippen molar-refractivity contribution in [3.63, 3.8) is 0 Å². The molecule has 2 aromatic rings. The molecular formula is C31H27F3O7. The fourth-order valence-corrected chi connectivity index (χ4v) is 6.88. The highest BCUT2D eigenvalue weighted by atomic mass is 19.4. The SMILES string of the molecule is CC(=O)C1C(=O)CC2CC3Cc4ccc(CC(=O)Cc5ccc(C)cc5C(F)(F)F)c(O)c4C(=O)C3C(=O)C2C1=O. The Hall–Kier alpha value is -3.95. The van der Waals surface area contributed by atoms with Gasteiger partial charge in [0.15, 0.2) is 23.1 Å². The fourth-order valence-electron chi connectivity index (χ4n) is 6.88. The van der Waals surface area contributed by atoms with Gasteiger partial charge in [-0.3, -0.25) is 28.8 Å². The van der Waals surface area contributed by atoms with Gasteiger partial charge in [-0.05, 0) is 55.7 Å². The zero-order valence-electron chi connectivity index (χ0n) is 22.3. The van der Waals surface area contributed by atoms with E-state index >= 15 is 0 Å². The van der Waals surface area contributed by atoms with Crippen LogP contribution in [0.1, 0.15) is 57.9 Å². The molecule has 7 nitrogen and oxygen atoms in total. The van der Waals surface area contributed by atoms with Gasteiger partial charge < -0.3 is 5.11 Å². The van der Waals surface area contributed by atoms with Gasteiger partial charge in [-0.2, -0.15) is 13.2 Å². The summed E-state index contributed by atoms with van der Waals surface area (Å²) in [6, 6.07) is 6.67. The van der Waals surface area contributed by atoms with Gasteiger partial charge in [0.05, 0.1) is 23.0 Å². The average Bonchev–Trinajstić information content (AvgIpc) is 2.85. The number of aromatic hydroxyl groups is 1. The van der Waals surface area contributed by atoms with Crippen LogP contribution in [0.15, 0.2) is 30.3 Å². The van der Waals surface area contributed by atoms with E-state index in [4.69, 9.17) is 0 Å². The third kappa shape index (κ3) is 4.93. The number of hydrogen-bond acceptors (Lipinski definition) is 7. The molecule has 2 saturated carbocycles. The molecule has 0 spiro atoms. The van der Waals surface area contributed by atoms with Crippen LogP contribution in [-0.2, 0) is 49.4 Å². The number of alkyl halides is 3. The van der Waals surface area contributed by atoms with Crippen LogP contribution in [0.5, 0.6) is 5.75 Å². The summed E-state index contributed by atoms with van der Waals surface area (Å²) in [4.78, 5) is 77.4. The molecule has 3 aliphatic carbocycles. The number of Topliss-reactive ketones (excluding diaryl/α,β-unsaturated/α-hetero) is 6. The molecule has 5 atom stereocenters. The van der Waals surface area contributed by atoms with E-state index in [1.165, 1.54) is 25.1 Å². The molecular weight excluding hydrogens is 541 g/mol. The Balaban J connectivity index is 1.41. The van der Waals surface area contributed by atoms with Crippen molar-refractivity contribution >= 4 is 34.7 Å². The summed E-state index contributed by atoms with van der Waals surface area (Å²) in [5.41, 5.74) is -0.382. The summed E-state index contributed by atoms with van der Waals surface area (Å²) in [6.45, 7) is 2.62. The first-order valence-corrected chi connectivity index (χ1v) is 13.4. The Bertz CT molecular complexity index is 1540. The van der Waals surface area contributed by atoms with Gasteiger partial charge in [0, 0.05) is 24.8 Å². The number of ketones is 6. The standard InChI is InChI=1S/C31H27F3O7/c1-13-3-4-15(21(7-13)31(32,33)34)10-20(36)11-17-6-5-16-8-18-9-19-12-22(37)23(14(2)35)28(39)26(19)30(41)25(18)29(40)24(16)27(17)38/h3-7,18-19,23,25-26,38H,8-12H2,1-2H3. The van der Waals surface area contributed by atoms with Crippen molar-refractivity contribution in [1.82, 2.24) is 0 Å². The van der Waals surface area contributed by atoms with Crippen LogP contribution in [0.3, 0.4) is 0 Å². The number of rotatable bonds is 5. The number of carbonyl (C=O) groups is 6. The molecule has 214 valence electrons. The maximum atomic E-state index is 13.6. The second-order valence-electron chi connectivity index (χ2n) is 11.5. The average molecular weight is 569 g/mol. The maximum absolute atomic E-state index is 13.6. The first-order chi connectivity index (χ1) is 19.2. The number of phenolic OH excluding ortho intramolecular Hbond substituents is 1. The molecule has 0 aliphatic heterocycles. The minimum atomic E-state index is -4.65.